The van der Waals surface area contributed by atoms with E-state index in [1.54, 1.807) is 0 Å². The predicted octanol–water partition coefficient (Wildman–Crippen LogP) is 3.48. The van der Waals surface area contributed by atoms with E-state index in [2.05, 4.69) is 0 Å². The van der Waals surface area contributed by atoms with Crippen molar-refractivity contribution in [3.05, 3.63) is 0 Å². The number of halogens is 5. The maximum Gasteiger partial charge on any atom is 0.389 e. The van der Waals surface area contributed by atoms with Gasteiger partial charge in [0, 0.05) is 19.3 Å². The van der Waals surface area contributed by atoms with Gasteiger partial charge in [-0.3, -0.25) is 0 Å². The van der Waals surface area contributed by atoms with E-state index in [-0.39, 0.29) is 38.6 Å². The van der Waals surface area contributed by atoms with Crippen LogP contribution in [0.4, 0.5) is 22.0 Å². The Balaban J connectivity index is 2.53. The van der Waals surface area contributed by atoms with E-state index in [9.17, 15) is 22.0 Å². The second-order valence-electron chi connectivity index (χ2n) is 4.68. The molecule has 0 aliphatic heterocycles. The van der Waals surface area contributed by atoms with Crippen LogP contribution in [0, 0.1) is 5.41 Å². The van der Waals surface area contributed by atoms with Gasteiger partial charge >= 0.3 is 6.18 Å². The lowest BCUT2D eigenvalue weighted by molar-refractivity contribution is -0.145. The summed E-state index contributed by atoms with van der Waals surface area (Å²) in [4.78, 5) is 0. The summed E-state index contributed by atoms with van der Waals surface area (Å²) in [5.74, 6) is -2.73. The maximum absolute atomic E-state index is 12.9. The lowest BCUT2D eigenvalue weighted by atomic mass is 9.70. The minimum Gasteiger partial charge on any atom is -0.330 e. The monoisotopic (exact) mass is 245 g/mol. The molecule has 0 heterocycles. The van der Waals surface area contributed by atoms with Gasteiger partial charge in [-0.15, -0.1) is 0 Å². The molecule has 0 bridgehead atoms. The maximum atomic E-state index is 12.9. The molecular weight excluding hydrogens is 229 g/mol. The highest BCUT2D eigenvalue weighted by molar-refractivity contribution is 4.89. The Labute approximate surface area is 91.2 Å². The summed E-state index contributed by atoms with van der Waals surface area (Å²) in [6.45, 7) is 0.0547. The first kappa shape index (κ1) is 13.7. The second-order valence-corrected chi connectivity index (χ2v) is 4.68. The smallest absolute Gasteiger partial charge is 0.330 e. The van der Waals surface area contributed by atoms with Crippen LogP contribution in [0.1, 0.15) is 38.5 Å². The molecule has 0 atom stereocenters. The Morgan fingerprint density at radius 1 is 1.00 bits per heavy atom. The highest BCUT2D eigenvalue weighted by atomic mass is 19.4. The Bertz CT molecular complexity index is 226. The molecule has 1 nitrogen and oxygen atoms in total. The van der Waals surface area contributed by atoms with Crippen LogP contribution in [0.15, 0.2) is 0 Å². The molecule has 1 fully saturated rings. The topological polar surface area (TPSA) is 26.0 Å². The van der Waals surface area contributed by atoms with Gasteiger partial charge in [0.05, 0.1) is 0 Å². The molecule has 0 radical (unpaired) electrons. The van der Waals surface area contributed by atoms with Gasteiger partial charge in [-0.05, 0) is 31.2 Å². The molecule has 96 valence electrons. The standard InChI is InChI=1S/C10H16F5N/c11-9(12)4-1-8(7-16,2-5-9)3-6-10(13,14)15/h1-7,16H2. The van der Waals surface area contributed by atoms with Crippen molar-refractivity contribution in [2.24, 2.45) is 11.1 Å². The summed E-state index contributed by atoms with van der Waals surface area (Å²) < 4.78 is 62.0. The van der Waals surface area contributed by atoms with Gasteiger partial charge < -0.3 is 5.73 Å². The predicted molar refractivity (Wildman–Crippen MR) is 50.2 cm³/mol. The van der Waals surface area contributed by atoms with Crippen molar-refractivity contribution >= 4 is 0 Å². The minimum absolute atomic E-state index is 0.0547. The van der Waals surface area contributed by atoms with Crippen LogP contribution in [0.2, 0.25) is 0 Å². The molecule has 0 spiro atoms. The van der Waals surface area contributed by atoms with Crippen molar-refractivity contribution in [2.75, 3.05) is 6.54 Å². The van der Waals surface area contributed by atoms with Gasteiger partial charge in [0.25, 0.3) is 0 Å². The fourth-order valence-electron chi connectivity index (χ4n) is 2.11. The molecule has 2 N–H and O–H groups in total. The Morgan fingerprint density at radius 2 is 1.50 bits per heavy atom. The van der Waals surface area contributed by atoms with Crippen molar-refractivity contribution < 1.29 is 22.0 Å². The zero-order valence-electron chi connectivity index (χ0n) is 8.92. The average Bonchev–Trinajstić information content (AvgIpc) is 2.16. The first-order valence-electron chi connectivity index (χ1n) is 5.33. The zero-order chi connectivity index (χ0) is 12.4. The molecule has 1 aliphatic rings. The largest absolute Gasteiger partial charge is 0.389 e. The van der Waals surface area contributed by atoms with Crippen molar-refractivity contribution in [1.29, 1.82) is 0 Å². The van der Waals surface area contributed by atoms with Crippen molar-refractivity contribution in [2.45, 2.75) is 50.6 Å². The summed E-state index contributed by atoms with van der Waals surface area (Å²) in [5.41, 5.74) is 4.71. The molecule has 16 heavy (non-hydrogen) atoms. The SMILES string of the molecule is NCC1(CCC(F)(F)F)CCC(F)(F)CC1. The zero-order valence-corrected chi connectivity index (χ0v) is 8.92. The van der Waals surface area contributed by atoms with Crippen LogP contribution >= 0.6 is 0 Å². The number of hydrogen-bond acceptors (Lipinski definition) is 1. The quantitative estimate of drug-likeness (QED) is 0.757. The Kier molecular flexibility index (Phi) is 3.82. The van der Waals surface area contributed by atoms with Crippen molar-refractivity contribution in [3.63, 3.8) is 0 Å². The van der Waals surface area contributed by atoms with Gasteiger partial charge in [0.15, 0.2) is 0 Å². The van der Waals surface area contributed by atoms with Crippen LogP contribution in [0.5, 0.6) is 0 Å². The minimum atomic E-state index is -4.23. The van der Waals surface area contributed by atoms with Crippen LogP contribution in [0.3, 0.4) is 0 Å². The lowest BCUT2D eigenvalue weighted by Gasteiger charge is -2.39. The Morgan fingerprint density at radius 3 is 1.88 bits per heavy atom. The van der Waals surface area contributed by atoms with E-state index >= 15 is 0 Å². The summed E-state index contributed by atoms with van der Waals surface area (Å²) in [6, 6.07) is 0. The molecule has 0 unspecified atom stereocenters. The summed E-state index contributed by atoms with van der Waals surface area (Å²) >= 11 is 0. The number of nitrogens with two attached hydrogens (primary N) is 1. The number of rotatable bonds is 3. The van der Waals surface area contributed by atoms with Gasteiger partial charge in [-0.1, -0.05) is 0 Å². The van der Waals surface area contributed by atoms with E-state index in [0.717, 1.165) is 0 Å². The van der Waals surface area contributed by atoms with Crippen LogP contribution in [-0.2, 0) is 0 Å². The molecule has 0 aromatic carbocycles. The van der Waals surface area contributed by atoms with Crippen LogP contribution in [0.25, 0.3) is 0 Å². The normalized spacial score (nSPS) is 24.4. The summed E-state index contributed by atoms with van der Waals surface area (Å²) in [7, 11) is 0. The van der Waals surface area contributed by atoms with E-state index < -0.39 is 23.9 Å². The molecule has 0 aromatic rings. The second kappa shape index (κ2) is 4.47. The highest BCUT2D eigenvalue weighted by Gasteiger charge is 2.44. The van der Waals surface area contributed by atoms with Crippen molar-refractivity contribution in [3.8, 4) is 0 Å². The molecule has 1 aliphatic carbocycles. The van der Waals surface area contributed by atoms with Gasteiger partial charge in [0.2, 0.25) is 5.92 Å². The fraction of sp³-hybridized carbons (Fsp3) is 1.00. The number of hydrogen-bond donors (Lipinski definition) is 1. The lowest BCUT2D eigenvalue weighted by Crippen LogP contribution is -2.39. The third-order valence-electron chi connectivity index (χ3n) is 3.41. The average molecular weight is 245 g/mol. The van der Waals surface area contributed by atoms with Gasteiger partial charge in [0.1, 0.15) is 0 Å². The van der Waals surface area contributed by atoms with Gasteiger partial charge in [-0.2, -0.15) is 13.2 Å². The first-order valence-corrected chi connectivity index (χ1v) is 5.33. The third kappa shape index (κ3) is 3.88. The van der Waals surface area contributed by atoms with Crippen LogP contribution in [-0.4, -0.2) is 18.6 Å². The summed E-state index contributed by atoms with van der Waals surface area (Å²) in [6.07, 6.45) is -5.82. The van der Waals surface area contributed by atoms with Crippen LogP contribution < -0.4 is 5.73 Å². The van der Waals surface area contributed by atoms with Gasteiger partial charge in [-0.25, -0.2) is 8.78 Å². The number of alkyl halides is 5. The van der Waals surface area contributed by atoms with Crippen molar-refractivity contribution in [1.82, 2.24) is 0 Å². The molecule has 0 saturated heterocycles. The molecule has 1 rings (SSSR count). The Hall–Kier alpha value is -0.390. The fourth-order valence-corrected chi connectivity index (χ4v) is 2.11. The highest BCUT2D eigenvalue weighted by Crippen LogP contribution is 2.46. The molecule has 1 saturated carbocycles. The molecule has 0 aromatic heterocycles. The van der Waals surface area contributed by atoms with E-state index in [1.807, 2.05) is 0 Å². The molecule has 0 amide bonds. The molecule has 6 heteroatoms. The van der Waals surface area contributed by atoms with E-state index in [0.29, 0.717) is 0 Å². The molecular formula is C10H16F5N. The third-order valence-corrected chi connectivity index (χ3v) is 3.41. The van der Waals surface area contributed by atoms with E-state index in [4.69, 9.17) is 5.73 Å². The van der Waals surface area contributed by atoms with E-state index in [1.165, 1.54) is 0 Å². The summed E-state index contributed by atoms with van der Waals surface area (Å²) in [5, 5.41) is 0. The first-order chi connectivity index (χ1) is 7.18.